The number of aromatic hydroxyl groups is 1. The van der Waals surface area contributed by atoms with Gasteiger partial charge in [0.15, 0.2) is 0 Å². The first-order valence-electron chi connectivity index (χ1n) is 6.49. The van der Waals surface area contributed by atoms with Gasteiger partial charge in [-0.15, -0.1) is 0 Å². The predicted octanol–water partition coefficient (Wildman–Crippen LogP) is 3.85. The van der Waals surface area contributed by atoms with Crippen LogP contribution in [0.3, 0.4) is 0 Å². The summed E-state index contributed by atoms with van der Waals surface area (Å²) < 4.78 is 6.25. The highest BCUT2D eigenvalue weighted by Gasteiger charge is 2.14. The van der Waals surface area contributed by atoms with Crippen LogP contribution >= 0.6 is 11.5 Å². The van der Waals surface area contributed by atoms with Gasteiger partial charge in [0.25, 0.3) is 0 Å². The molecule has 4 rings (SSSR count). The molecule has 0 saturated heterocycles. The van der Waals surface area contributed by atoms with Gasteiger partial charge < -0.3 is 5.11 Å². The van der Waals surface area contributed by atoms with Gasteiger partial charge in [-0.05, 0) is 47.9 Å². The average Bonchev–Trinajstić information content (AvgIpc) is 3.15. The molecular weight excluding hydrogens is 282 g/mol. The Morgan fingerprint density at radius 1 is 1.00 bits per heavy atom. The molecule has 102 valence electrons. The Labute approximate surface area is 125 Å². The Kier molecular flexibility index (Phi) is 2.72. The fraction of sp³-hybridized carbons (Fsp3) is 0. The lowest BCUT2D eigenvalue weighted by Gasteiger charge is -2.08. The largest absolute Gasteiger partial charge is 0.508 e. The highest BCUT2D eigenvalue weighted by molar-refractivity contribution is 7.03. The van der Waals surface area contributed by atoms with Gasteiger partial charge >= 0.3 is 0 Å². The first kappa shape index (κ1) is 12.1. The second-order valence-electron chi connectivity index (χ2n) is 4.69. The van der Waals surface area contributed by atoms with E-state index in [-0.39, 0.29) is 5.75 Å². The van der Waals surface area contributed by atoms with Crippen molar-refractivity contribution in [3.63, 3.8) is 0 Å². The maximum absolute atomic E-state index is 9.49. The van der Waals surface area contributed by atoms with Crippen molar-refractivity contribution in [2.24, 2.45) is 0 Å². The van der Waals surface area contributed by atoms with Crippen LogP contribution in [0.25, 0.3) is 28.1 Å². The lowest BCUT2D eigenvalue weighted by Crippen LogP contribution is -1.96. The van der Waals surface area contributed by atoms with Crippen molar-refractivity contribution < 1.29 is 5.11 Å². The van der Waals surface area contributed by atoms with E-state index in [1.54, 1.807) is 12.1 Å². The molecule has 0 spiro atoms. The summed E-state index contributed by atoms with van der Waals surface area (Å²) >= 11 is 1.41. The van der Waals surface area contributed by atoms with Gasteiger partial charge in [-0.3, -0.25) is 4.57 Å². The van der Waals surface area contributed by atoms with Crippen molar-refractivity contribution in [3.05, 3.63) is 60.1 Å². The molecule has 0 saturated carbocycles. The summed E-state index contributed by atoms with van der Waals surface area (Å²) in [6.07, 6.45) is 1.82. The molecule has 0 atom stereocenters. The molecule has 0 aliphatic heterocycles. The number of hydrogen-bond donors (Lipinski definition) is 1. The third kappa shape index (κ3) is 1.98. The molecule has 4 aromatic rings. The van der Waals surface area contributed by atoms with Crippen LogP contribution in [0.15, 0.2) is 60.1 Å². The highest BCUT2D eigenvalue weighted by Crippen LogP contribution is 2.29. The first-order chi connectivity index (χ1) is 10.3. The Morgan fingerprint density at radius 3 is 2.57 bits per heavy atom. The van der Waals surface area contributed by atoms with Crippen LogP contribution in [-0.2, 0) is 0 Å². The van der Waals surface area contributed by atoms with Crippen LogP contribution in [0, 0.1) is 0 Å². The minimum absolute atomic E-state index is 0.252. The molecule has 2 heterocycles. The minimum Gasteiger partial charge on any atom is -0.508 e. The monoisotopic (exact) mass is 293 g/mol. The molecule has 0 fully saturated rings. The van der Waals surface area contributed by atoms with Gasteiger partial charge in [0.2, 0.25) is 0 Å². The van der Waals surface area contributed by atoms with Crippen LogP contribution in [-0.4, -0.2) is 19.0 Å². The van der Waals surface area contributed by atoms with Crippen molar-refractivity contribution in [2.45, 2.75) is 0 Å². The zero-order valence-corrected chi connectivity index (χ0v) is 11.8. The topological polar surface area (TPSA) is 50.9 Å². The van der Waals surface area contributed by atoms with Crippen molar-refractivity contribution in [1.82, 2.24) is 13.9 Å². The van der Waals surface area contributed by atoms with Crippen LogP contribution in [0.5, 0.6) is 5.75 Å². The van der Waals surface area contributed by atoms with E-state index in [9.17, 15) is 5.11 Å². The Morgan fingerprint density at radius 2 is 1.81 bits per heavy atom. The summed E-state index contributed by atoms with van der Waals surface area (Å²) in [5, 5.41) is 11.5. The lowest BCUT2D eigenvalue weighted by molar-refractivity contribution is 0.475. The van der Waals surface area contributed by atoms with Crippen molar-refractivity contribution in [2.75, 3.05) is 0 Å². The number of hydrogen-bond acceptors (Lipinski definition) is 4. The average molecular weight is 293 g/mol. The maximum Gasteiger partial charge on any atom is 0.148 e. The van der Waals surface area contributed by atoms with Crippen LogP contribution in [0.1, 0.15) is 0 Å². The van der Waals surface area contributed by atoms with Gasteiger partial charge in [0.05, 0.1) is 17.2 Å². The van der Waals surface area contributed by atoms with Crippen molar-refractivity contribution in [1.29, 1.82) is 0 Å². The zero-order chi connectivity index (χ0) is 14.2. The highest BCUT2D eigenvalue weighted by atomic mass is 32.1. The van der Waals surface area contributed by atoms with E-state index in [0.717, 1.165) is 28.1 Å². The number of phenols is 1. The number of rotatable bonds is 2. The number of imidazole rings is 1. The first-order valence-corrected chi connectivity index (χ1v) is 7.33. The predicted molar refractivity (Wildman–Crippen MR) is 83.8 cm³/mol. The summed E-state index contributed by atoms with van der Waals surface area (Å²) in [6.45, 7) is 0. The van der Waals surface area contributed by atoms with Crippen molar-refractivity contribution >= 4 is 22.6 Å². The third-order valence-electron chi connectivity index (χ3n) is 3.36. The normalized spacial score (nSPS) is 11.0. The van der Waals surface area contributed by atoms with E-state index in [1.807, 2.05) is 48.0 Å². The Bertz CT molecular complexity index is 895. The third-order valence-corrected chi connectivity index (χ3v) is 3.95. The van der Waals surface area contributed by atoms with E-state index in [2.05, 4.69) is 8.94 Å². The number of nitrogens with zero attached hydrogens (tertiary/aromatic N) is 3. The second-order valence-corrected chi connectivity index (χ2v) is 5.35. The molecule has 21 heavy (non-hydrogen) atoms. The van der Waals surface area contributed by atoms with E-state index in [0.29, 0.717) is 0 Å². The molecule has 0 aliphatic carbocycles. The SMILES string of the molecule is Oc1ccc(-n2c(-c3cnsc3)nc3ccccc32)cc1. The smallest absolute Gasteiger partial charge is 0.148 e. The summed E-state index contributed by atoms with van der Waals surface area (Å²) in [6, 6.07) is 15.1. The molecule has 0 unspecified atom stereocenters. The molecule has 0 radical (unpaired) electrons. The summed E-state index contributed by atoms with van der Waals surface area (Å²) in [7, 11) is 0. The zero-order valence-electron chi connectivity index (χ0n) is 11.0. The Balaban J connectivity index is 2.05. The summed E-state index contributed by atoms with van der Waals surface area (Å²) in [5.74, 6) is 1.11. The quantitative estimate of drug-likeness (QED) is 0.610. The van der Waals surface area contributed by atoms with Gasteiger partial charge in [0, 0.05) is 16.6 Å². The number of phenolic OH excluding ortho intramolecular Hbond substituents is 1. The maximum atomic E-state index is 9.49. The molecular formula is C16H11N3OS. The molecule has 0 amide bonds. The molecule has 5 heteroatoms. The lowest BCUT2D eigenvalue weighted by atomic mass is 10.2. The summed E-state index contributed by atoms with van der Waals surface area (Å²) in [5.41, 5.74) is 3.92. The summed E-state index contributed by atoms with van der Waals surface area (Å²) in [4.78, 5) is 4.72. The number of para-hydroxylation sites is 2. The van der Waals surface area contributed by atoms with E-state index < -0.39 is 0 Å². The van der Waals surface area contributed by atoms with Crippen molar-refractivity contribution in [3.8, 4) is 22.8 Å². The standard InChI is InChI=1S/C16H11N3OS/c20-13-7-5-12(6-8-13)19-15-4-2-1-3-14(15)18-16(19)11-9-17-21-10-11/h1-10,20H. The number of benzene rings is 2. The molecule has 1 N–H and O–H groups in total. The van der Waals surface area contributed by atoms with Gasteiger partial charge in [0.1, 0.15) is 11.6 Å². The van der Waals surface area contributed by atoms with Crippen LogP contribution in [0.4, 0.5) is 0 Å². The van der Waals surface area contributed by atoms with Crippen LogP contribution in [0.2, 0.25) is 0 Å². The van der Waals surface area contributed by atoms with E-state index in [1.165, 1.54) is 11.5 Å². The van der Waals surface area contributed by atoms with E-state index >= 15 is 0 Å². The second kappa shape index (κ2) is 4.71. The number of fused-ring (bicyclic) bond motifs is 1. The Hall–Kier alpha value is -2.66. The van der Waals surface area contributed by atoms with Gasteiger partial charge in [-0.1, -0.05) is 12.1 Å². The minimum atomic E-state index is 0.252. The number of aromatic nitrogens is 3. The molecule has 4 nitrogen and oxygen atoms in total. The fourth-order valence-corrected chi connectivity index (χ4v) is 2.91. The fourth-order valence-electron chi connectivity index (χ4n) is 2.40. The van der Waals surface area contributed by atoms with Gasteiger partial charge in [-0.25, -0.2) is 9.36 Å². The molecule has 0 aliphatic rings. The van der Waals surface area contributed by atoms with E-state index in [4.69, 9.17) is 4.98 Å². The van der Waals surface area contributed by atoms with Crippen LogP contribution < -0.4 is 0 Å². The molecule has 2 aromatic carbocycles. The van der Waals surface area contributed by atoms with Gasteiger partial charge in [-0.2, -0.15) is 0 Å². The molecule has 2 aromatic heterocycles. The molecule has 0 bridgehead atoms.